The number of hydrogen-bond acceptors (Lipinski definition) is 5. The predicted octanol–water partition coefficient (Wildman–Crippen LogP) is 16.7. The van der Waals surface area contributed by atoms with Crippen LogP contribution in [-0.4, -0.2) is 18.2 Å². The van der Waals surface area contributed by atoms with Gasteiger partial charge >= 0.3 is 26.2 Å². The van der Waals surface area contributed by atoms with Crippen molar-refractivity contribution in [2.24, 2.45) is 35.5 Å². The molecular formula is C67H85NO4Zr. The van der Waals surface area contributed by atoms with E-state index in [4.69, 9.17) is 14.5 Å². The third-order valence-corrected chi connectivity index (χ3v) is 18.5. The number of hydrogen-bond donors (Lipinski definition) is 0. The van der Waals surface area contributed by atoms with Gasteiger partial charge in [0.15, 0.2) is 0 Å². The number of aromatic nitrogens is 1. The molecule has 0 spiro atoms. The van der Waals surface area contributed by atoms with Crippen LogP contribution in [0.15, 0.2) is 78.9 Å². The fourth-order valence-electron chi connectivity index (χ4n) is 15.7. The Morgan fingerprint density at radius 2 is 0.822 bits per heavy atom. The van der Waals surface area contributed by atoms with Crippen LogP contribution in [0.2, 0.25) is 0 Å². The number of rotatable bonds is 14. The van der Waals surface area contributed by atoms with Crippen molar-refractivity contribution in [2.75, 3.05) is 13.2 Å². The molecule has 0 atom stereocenters. The van der Waals surface area contributed by atoms with Gasteiger partial charge < -0.3 is 34.5 Å². The van der Waals surface area contributed by atoms with Crippen LogP contribution in [0.1, 0.15) is 180 Å². The van der Waals surface area contributed by atoms with Gasteiger partial charge in [-0.3, -0.25) is 0 Å². The maximum atomic E-state index is 15.6. The van der Waals surface area contributed by atoms with Crippen molar-refractivity contribution in [1.29, 1.82) is 0 Å². The van der Waals surface area contributed by atoms with Crippen LogP contribution in [0.4, 0.5) is 0 Å². The molecule has 0 saturated heterocycles. The second kappa shape index (κ2) is 21.3. The fourth-order valence-corrected chi connectivity index (χ4v) is 15.7. The first kappa shape index (κ1) is 55.3. The van der Waals surface area contributed by atoms with Crippen LogP contribution < -0.4 is 19.7 Å². The van der Waals surface area contributed by atoms with E-state index in [1.165, 1.54) is 49.7 Å². The summed E-state index contributed by atoms with van der Waals surface area (Å²) in [5, 5.41) is 31.2. The molecule has 6 heteroatoms. The molecule has 1 aromatic heterocycles. The molecular weight excluding hydrogens is 974 g/mol. The zero-order valence-electron chi connectivity index (χ0n) is 46.3. The Labute approximate surface area is 460 Å². The normalized spacial score (nSPS) is 26.5. The van der Waals surface area contributed by atoms with E-state index in [9.17, 15) is 0 Å². The minimum atomic E-state index is -0.157. The molecule has 8 fully saturated rings. The topological polar surface area (TPSA) is 77.5 Å². The summed E-state index contributed by atoms with van der Waals surface area (Å²) < 4.78 is 12.9. The molecule has 13 rings (SSSR count). The minimum Gasteiger partial charge on any atom is -0.872 e. The van der Waals surface area contributed by atoms with Gasteiger partial charge in [-0.25, -0.2) is 4.98 Å². The van der Waals surface area contributed by atoms with Crippen LogP contribution >= 0.6 is 0 Å². The number of pyridine rings is 1. The van der Waals surface area contributed by atoms with Crippen LogP contribution in [0, 0.1) is 50.4 Å². The van der Waals surface area contributed by atoms with Crippen LogP contribution in [-0.2, 0) is 47.9 Å². The third-order valence-electron chi connectivity index (χ3n) is 18.5. The van der Waals surface area contributed by atoms with Gasteiger partial charge in [0.25, 0.3) is 0 Å². The van der Waals surface area contributed by atoms with Crippen LogP contribution in [0.25, 0.3) is 44.8 Å². The molecule has 5 nitrogen and oxygen atoms in total. The summed E-state index contributed by atoms with van der Waals surface area (Å²) in [5.74, 6) is 6.26. The molecule has 1 heterocycles. The molecule has 73 heavy (non-hydrogen) atoms. The maximum absolute atomic E-state index is 15.6. The zero-order valence-corrected chi connectivity index (χ0v) is 48.7. The average Bonchev–Trinajstić information content (AvgIpc) is 3.30. The van der Waals surface area contributed by atoms with Gasteiger partial charge in [-0.05, 0) is 240 Å². The molecule has 4 aromatic carbocycles. The molecule has 0 aliphatic heterocycles. The molecule has 8 aliphatic carbocycles. The summed E-state index contributed by atoms with van der Waals surface area (Å²) in [6, 6.07) is 27.9. The number of ether oxygens (including phenoxy) is 2. The maximum Gasteiger partial charge on any atom is 4.00 e. The van der Waals surface area contributed by atoms with Crippen molar-refractivity contribution in [3.05, 3.63) is 116 Å². The molecule has 8 bridgehead atoms. The van der Waals surface area contributed by atoms with Crippen molar-refractivity contribution < 1.29 is 45.9 Å². The predicted molar refractivity (Wildman–Crippen MR) is 296 cm³/mol. The second-order valence-corrected chi connectivity index (χ2v) is 25.9. The summed E-state index contributed by atoms with van der Waals surface area (Å²) in [7, 11) is 0. The average molecular weight is 1060 g/mol. The van der Waals surface area contributed by atoms with E-state index in [2.05, 4.69) is 134 Å². The molecule has 5 aromatic rings. The van der Waals surface area contributed by atoms with E-state index >= 15 is 10.2 Å². The largest absolute Gasteiger partial charge is 4.00 e. The van der Waals surface area contributed by atoms with E-state index in [-0.39, 0.29) is 74.2 Å². The first-order valence-corrected chi connectivity index (χ1v) is 27.8. The summed E-state index contributed by atoms with van der Waals surface area (Å²) in [6.07, 6.45) is 18.8. The number of benzene rings is 4. The summed E-state index contributed by atoms with van der Waals surface area (Å²) in [5.41, 5.74) is 10.7. The van der Waals surface area contributed by atoms with Crippen molar-refractivity contribution >= 4 is 0 Å². The summed E-state index contributed by atoms with van der Waals surface area (Å²) in [6.45, 7) is 19.3. The third kappa shape index (κ3) is 10.5. The Bertz CT molecular complexity index is 2520. The zero-order chi connectivity index (χ0) is 48.7. The Morgan fingerprint density at radius 3 is 1.14 bits per heavy atom. The molecule has 8 saturated carbocycles. The Hall–Kier alpha value is -3.89. The summed E-state index contributed by atoms with van der Waals surface area (Å²) in [4.78, 5) is 5.57. The van der Waals surface area contributed by atoms with Crippen molar-refractivity contribution in [3.8, 4) is 67.8 Å². The van der Waals surface area contributed by atoms with Crippen molar-refractivity contribution in [1.82, 2.24) is 4.98 Å². The monoisotopic (exact) mass is 1060 g/mol. The van der Waals surface area contributed by atoms with Gasteiger partial charge in [-0.15, -0.1) is 0 Å². The molecule has 386 valence electrons. The van der Waals surface area contributed by atoms with Gasteiger partial charge in [0.1, 0.15) is 11.5 Å². The SMILES string of the molecule is CCCCOc1ccc(-c2cccc(-c3ccc(OCCCC)cc3-c3cc(C(C)(C)C)cc(C45CC6CC(CC(C6)C4)C5)c3[O-])n2)c(-c2cc(C(C)(C)C)cc(C34CC5CC(CC(C5)C3)C4)c2[O-])c1.[CH3-].[CH3-].[Zr+4]. The molecule has 0 unspecified atom stereocenters. The van der Waals surface area contributed by atoms with Gasteiger partial charge in [0.2, 0.25) is 0 Å². The smallest absolute Gasteiger partial charge is 0.872 e. The molecule has 0 N–H and O–H groups in total. The summed E-state index contributed by atoms with van der Waals surface area (Å²) >= 11 is 0. The van der Waals surface area contributed by atoms with E-state index < -0.39 is 0 Å². The molecule has 0 radical (unpaired) electrons. The van der Waals surface area contributed by atoms with Gasteiger partial charge in [0.05, 0.1) is 24.6 Å². The second-order valence-electron chi connectivity index (χ2n) is 25.9. The van der Waals surface area contributed by atoms with E-state index in [1.54, 1.807) is 0 Å². The van der Waals surface area contributed by atoms with Gasteiger partial charge in [-0.2, -0.15) is 0 Å². The van der Waals surface area contributed by atoms with Crippen molar-refractivity contribution in [3.63, 3.8) is 0 Å². The molecule has 8 aliphatic rings. The van der Waals surface area contributed by atoms with Gasteiger partial charge in [-0.1, -0.05) is 110 Å². The van der Waals surface area contributed by atoms with Crippen LogP contribution in [0.5, 0.6) is 23.0 Å². The number of unbranched alkanes of at least 4 members (excludes halogenated alkanes) is 2. The first-order valence-electron chi connectivity index (χ1n) is 27.8. The number of nitrogens with zero attached hydrogens (tertiary/aromatic N) is 1. The quantitative estimate of drug-likeness (QED) is 0.0818. The van der Waals surface area contributed by atoms with E-state index in [1.807, 2.05) is 0 Å². The Balaban J connectivity index is 0.00000237. The van der Waals surface area contributed by atoms with E-state index in [0.717, 1.165) is 167 Å². The fraction of sp³-hybridized carbons (Fsp3) is 0.537. The first-order chi connectivity index (χ1) is 33.5. The Morgan fingerprint density at radius 1 is 0.479 bits per heavy atom. The van der Waals surface area contributed by atoms with Crippen LogP contribution in [0.3, 0.4) is 0 Å². The standard InChI is InChI=1S/C65H81NO4.2CH3.Zr/c1-9-11-20-69-48-16-18-50(52(32-48)54-28-46(62(3,4)5)30-56(60(54)67)64-34-40-22-41(35-64)24-42(23-40)36-64)58-14-13-15-59(66-58)51-19-17-49(70-21-12-10-2)33-53(51)55-29-47(63(6,7)8)31-57(61(55)68)65-37-43-25-44(38-65)27-45(26-43)39-65;;;/h13-19,28-33,40-45,67-68H,9-12,20-27,34-39H2,1-8H3;2*1H3;/q;2*-1;+4/p-2. The van der Waals surface area contributed by atoms with Gasteiger partial charge in [0, 0.05) is 11.1 Å². The van der Waals surface area contributed by atoms with Crippen molar-refractivity contribution in [2.45, 2.75) is 180 Å². The Kier molecular flexibility index (Phi) is 16.1. The minimum absolute atomic E-state index is 0. The van der Waals surface area contributed by atoms with E-state index in [0.29, 0.717) is 13.2 Å². The molecule has 0 amide bonds.